The van der Waals surface area contributed by atoms with Gasteiger partial charge in [0, 0.05) is 13.3 Å². The molecular formula is C14H14N4O2S. The van der Waals surface area contributed by atoms with E-state index in [1.807, 2.05) is 18.2 Å². The zero-order chi connectivity index (χ0) is 14.5. The van der Waals surface area contributed by atoms with Crippen LogP contribution in [0.3, 0.4) is 0 Å². The number of aryl methyl sites for hydroxylation is 3. The first-order valence-corrected chi connectivity index (χ1v) is 7.56. The number of aromatic nitrogens is 4. The zero-order valence-electron chi connectivity index (χ0n) is 11.5. The monoisotopic (exact) mass is 302 g/mol. The van der Waals surface area contributed by atoms with Crippen LogP contribution in [0.4, 0.5) is 0 Å². The zero-order valence-corrected chi connectivity index (χ0v) is 12.3. The Hall–Kier alpha value is -2.15. The third-order valence-corrected chi connectivity index (χ3v) is 3.61. The molecule has 0 fully saturated rings. The van der Waals surface area contributed by atoms with Gasteiger partial charge in [-0.25, -0.2) is 0 Å². The highest BCUT2D eigenvalue weighted by atomic mass is 32.2. The van der Waals surface area contributed by atoms with Gasteiger partial charge in [-0.3, -0.25) is 0 Å². The van der Waals surface area contributed by atoms with Crippen LogP contribution in [0.15, 0.2) is 44.4 Å². The molecule has 0 amide bonds. The second kappa shape index (κ2) is 6.53. The largest absolute Gasteiger partial charge is 0.425 e. The Labute approximate surface area is 126 Å². The van der Waals surface area contributed by atoms with Crippen LogP contribution in [0.5, 0.6) is 0 Å². The summed E-state index contributed by atoms with van der Waals surface area (Å²) < 4.78 is 10.9. The molecule has 2 heterocycles. The summed E-state index contributed by atoms with van der Waals surface area (Å²) in [4.78, 5) is 0. The van der Waals surface area contributed by atoms with Crippen LogP contribution in [0.25, 0.3) is 0 Å². The van der Waals surface area contributed by atoms with E-state index in [-0.39, 0.29) is 0 Å². The maximum Gasteiger partial charge on any atom is 0.277 e. The molecule has 0 saturated carbocycles. The molecule has 0 aliphatic rings. The van der Waals surface area contributed by atoms with Gasteiger partial charge in [-0.05, 0) is 12.0 Å². The van der Waals surface area contributed by atoms with Gasteiger partial charge in [-0.2, -0.15) is 0 Å². The van der Waals surface area contributed by atoms with Gasteiger partial charge in [0.05, 0.1) is 5.75 Å². The molecule has 0 spiro atoms. The van der Waals surface area contributed by atoms with Gasteiger partial charge in [0.1, 0.15) is 0 Å². The van der Waals surface area contributed by atoms with Gasteiger partial charge in [-0.15, -0.1) is 20.4 Å². The summed E-state index contributed by atoms with van der Waals surface area (Å²) in [6.07, 6.45) is 1.62. The van der Waals surface area contributed by atoms with Crippen LogP contribution >= 0.6 is 11.8 Å². The Morgan fingerprint density at radius 3 is 2.48 bits per heavy atom. The second-order valence-electron chi connectivity index (χ2n) is 4.45. The normalized spacial score (nSPS) is 10.9. The Kier molecular flexibility index (Phi) is 4.30. The molecule has 2 aromatic heterocycles. The molecular weight excluding hydrogens is 288 g/mol. The molecule has 1 aromatic carbocycles. The number of thioether (sulfide) groups is 1. The summed E-state index contributed by atoms with van der Waals surface area (Å²) in [6.45, 7) is 1.76. The minimum absolute atomic E-state index is 0.522. The van der Waals surface area contributed by atoms with Crippen LogP contribution in [-0.4, -0.2) is 20.4 Å². The molecule has 6 nitrogen and oxygen atoms in total. The number of hydrogen-bond donors (Lipinski definition) is 0. The standard InChI is InChI=1S/C14H14N4O2S/c1-10-15-17-13(19-10)9-21-14-18-16-12(20-14)8-7-11-5-3-2-4-6-11/h2-6H,7-9H2,1H3. The van der Waals surface area contributed by atoms with Crippen LogP contribution in [0.1, 0.15) is 23.2 Å². The number of nitrogens with zero attached hydrogens (tertiary/aromatic N) is 4. The Morgan fingerprint density at radius 2 is 1.71 bits per heavy atom. The highest BCUT2D eigenvalue weighted by Gasteiger charge is 2.09. The number of benzene rings is 1. The molecule has 0 bridgehead atoms. The average Bonchev–Trinajstić information content (AvgIpc) is 3.13. The smallest absolute Gasteiger partial charge is 0.277 e. The maximum atomic E-state index is 5.58. The van der Waals surface area contributed by atoms with E-state index in [2.05, 4.69) is 32.5 Å². The molecule has 0 N–H and O–H groups in total. The lowest BCUT2D eigenvalue weighted by Gasteiger charge is -1.96. The minimum Gasteiger partial charge on any atom is -0.425 e. The molecule has 0 unspecified atom stereocenters. The van der Waals surface area contributed by atoms with Crippen molar-refractivity contribution < 1.29 is 8.83 Å². The number of rotatable bonds is 6. The van der Waals surface area contributed by atoms with Crippen LogP contribution < -0.4 is 0 Å². The van der Waals surface area contributed by atoms with Crippen molar-refractivity contribution in [3.05, 3.63) is 53.6 Å². The average molecular weight is 302 g/mol. The lowest BCUT2D eigenvalue weighted by molar-refractivity contribution is 0.412. The van der Waals surface area contributed by atoms with E-state index in [9.17, 15) is 0 Å². The topological polar surface area (TPSA) is 77.8 Å². The Balaban J connectivity index is 1.51. The third-order valence-electron chi connectivity index (χ3n) is 2.81. The molecule has 0 atom stereocenters. The van der Waals surface area contributed by atoms with Gasteiger partial charge in [-0.1, -0.05) is 42.1 Å². The molecule has 21 heavy (non-hydrogen) atoms. The Bertz CT molecular complexity index is 696. The molecule has 0 aliphatic carbocycles. The van der Waals surface area contributed by atoms with E-state index in [1.54, 1.807) is 6.92 Å². The van der Waals surface area contributed by atoms with Crippen LogP contribution in [-0.2, 0) is 18.6 Å². The van der Waals surface area contributed by atoms with E-state index in [0.717, 1.165) is 12.8 Å². The lowest BCUT2D eigenvalue weighted by Crippen LogP contribution is -1.90. The lowest BCUT2D eigenvalue weighted by atomic mass is 10.1. The van der Waals surface area contributed by atoms with Crippen molar-refractivity contribution in [3.63, 3.8) is 0 Å². The molecule has 7 heteroatoms. The molecule has 0 aliphatic heterocycles. The van der Waals surface area contributed by atoms with Crippen molar-refractivity contribution in [2.75, 3.05) is 0 Å². The first-order valence-electron chi connectivity index (χ1n) is 6.58. The summed E-state index contributed by atoms with van der Waals surface area (Å²) in [5, 5.41) is 16.3. The molecule has 0 saturated heterocycles. The van der Waals surface area contributed by atoms with E-state index in [0.29, 0.717) is 28.6 Å². The molecule has 3 aromatic rings. The minimum atomic E-state index is 0.522. The number of hydrogen-bond acceptors (Lipinski definition) is 7. The summed E-state index contributed by atoms with van der Waals surface area (Å²) in [5.41, 5.74) is 1.26. The molecule has 0 radical (unpaired) electrons. The van der Waals surface area contributed by atoms with Crippen molar-refractivity contribution in [1.82, 2.24) is 20.4 Å². The summed E-state index contributed by atoms with van der Waals surface area (Å²) >= 11 is 1.39. The van der Waals surface area contributed by atoms with Crippen LogP contribution in [0, 0.1) is 6.92 Å². The fourth-order valence-electron chi connectivity index (χ4n) is 1.81. The van der Waals surface area contributed by atoms with Crippen LogP contribution in [0.2, 0.25) is 0 Å². The molecule has 3 rings (SSSR count). The predicted octanol–water partition coefficient (Wildman–Crippen LogP) is 2.84. The first-order chi connectivity index (χ1) is 10.3. The van der Waals surface area contributed by atoms with Crippen molar-refractivity contribution in [1.29, 1.82) is 0 Å². The van der Waals surface area contributed by atoms with Gasteiger partial charge in [0.15, 0.2) is 0 Å². The second-order valence-corrected chi connectivity index (χ2v) is 5.38. The predicted molar refractivity (Wildman–Crippen MR) is 76.7 cm³/mol. The summed E-state index contributed by atoms with van der Waals surface area (Å²) in [5.74, 6) is 2.28. The van der Waals surface area contributed by atoms with E-state index in [4.69, 9.17) is 8.83 Å². The summed E-state index contributed by atoms with van der Waals surface area (Å²) in [6, 6.07) is 10.2. The first kappa shape index (κ1) is 13.8. The van der Waals surface area contributed by atoms with E-state index >= 15 is 0 Å². The fourth-order valence-corrected chi connectivity index (χ4v) is 2.43. The van der Waals surface area contributed by atoms with Gasteiger partial charge < -0.3 is 8.83 Å². The summed E-state index contributed by atoms with van der Waals surface area (Å²) in [7, 11) is 0. The highest BCUT2D eigenvalue weighted by molar-refractivity contribution is 7.98. The van der Waals surface area contributed by atoms with Crippen molar-refractivity contribution in [3.8, 4) is 0 Å². The van der Waals surface area contributed by atoms with E-state index in [1.165, 1.54) is 17.3 Å². The third kappa shape index (κ3) is 3.91. The van der Waals surface area contributed by atoms with Gasteiger partial charge >= 0.3 is 0 Å². The Morgan fingerprint density at radius 1 is 0.905 bits per heavy atom. The highest BCUT2D eigenvalue weighted by Crippen LogP contribution is 2.21. The van der Waals surface area contributed by atoms with Crippen molar-refractivity contribution in [2.45, 2.75) is 30.7 Å². The van der Waals surface area contributed by atoms with E-state index < -0.39 is 0 Å². The maximum absolute atomic E-state index is 5.58. The quantitative estimate of drug-likeness (QED) is 0.648. The molecule has 108 valence electrons. The fraction of sp³-hybridized carbons (Fsp3) is 0.286. The van der Waals surface area contributed by atoms with Crippen molar-refractivity contribution >= 4 is 11.8 Å². The SMILES string of the molecule is Cc1nnc(CSc2nnc(CCc3ccccc3)o2)o1. The van der Waals surface area contributed by atoms with Gasteiger partial charge in [0.25, 0.3) is 5.22 Å². The van der Waals surface area contributed by atoms with Crippen molar-refractivity contribution in [2.24, 2.45) is 0 Å². The van der Waals surface area contributed by atoms with Gasteiger partial charge in [0.2, 0.25) is 17.7 Å².